The fourth-order valence-electron chi connectivity index (χ4n) is 3.53. The number of carbonyl (C=O) groups excluding carboxylic acids is 1. The Hall–Kier alpha value is -3.45. The molecule has 1 aromatic heterocycles. The van der Waals surface area contributed by atoms with E-state index in [4.69, 9.17) is 0 Å². The molecule has 0 saturated carbocycles. The number of aromatic nitrogens is 1. The number of rotatable bonds is 5. The first-order valence-electron chi connectivity index (χ1n) is 9.72. The van der Waals surface area contributed by atoms with Crippen molar-refractivity contribution in [1.82, 2.24) is 4.57 Å². The first kappa shape index (κ1) is 20.8. The van der Waals surface area contributed by atoms with Crippen LogP contribution < -0.4 is 5.32 Å². The molecular formula is C24H21FN2O3S. The summed E-state index contributed by atoms with van der Waals surface area (Å²) in [5, 5.41) is 3.41. The largest absolute Gasteiger partial charge is 0.337 e. The lowest BCUT2D eigenvalue weighted by Crippen LogP contribution is -2.19. The number of nitrogens with one attached hydrogen (secondary N) is 1. The molecule has 158 valence electrons. The number of aryl methyl sites for hydroxylation is 1. The van der Waals surface area contributed by atoms with Gasteiger partial charge in [-0.1, -0.05) is 30.3 Å². The van der Waals surface area contributed by atoms with Crippen LogP contribution in [0.3, 0.4) is 0 Å². The van der Waals surface area contributed by atoms with E-state index in [1.54, 1.807) is 28.8 Å². The number of amides is 1. The van der Waals surface area contributed by atoms with Crippen LogP contribution >= 0.6 is 0 Å². The molecule has 7 heteroatoms. The van der Waals surface area contributed by atoms with Gasteiger partial charge >= 0.3 is 0 Å². The summed E-state index contributed by atoms with van der Waals surface area (Å²) in [6.45, 7) is 3.85. The second-order valence-electron chi connectivity index (χ2n) is 7.39. The van der Waals surface area contributed by atoms with Gasteiger partial charge in [0, 0.05) is 22.8 Å². The van der Waals surface area contributed by atoms with E-state index in [0.29, 0.717) is 10.9 Å². The Kier molecular flexibility index (Phi) is 5.37. The lowest BCUT2D eigenvalue weighted by atomic mass is 10.1. The highest BCUT2D eigenvalue weighted by Gasteiger charge is 2.24. The molecule has 5 nitrogen and oxygen atoms in total. The molecule has 0 spiro atoms. The molecule has 1 amide bonds. The molecule has 0 saturated heterocycles. The topological polar surface area (TPSA) is 68.2 Å². The summed E-state index contributed by atoms with van der Waals surface area (Å²) >= 11 is 0. The van der Waals surface area contributed by atoms with Crippen molar-refractivity contribution in [2.24, 2.45) is 0 Å². The van der Waals surface area contributed by atoms with Crippen molar-refractivity contribution in [2.75, 3.05) is 5.32 Å². The normalized spacial score (nSPS) is 11.6. The van der Waals surface area contributed by atoms with E-state index in [-0.39, 0.29) is 22.2 Å². The van der Waals surface area contributed by atoms with Gasteiger partial charge in [-0.2, -0.15) is 0 Å². The monoisotopic (exact) mass is 436 g/mol. The molecule has 0 fully saturated rings. The third-order valence-corrected chi connectivity index (χ3v) is 7.16. The van der Waals surface area contributed by atoms with E-state index < -0.39 is 15.7 Å². The van der Waals surface area contributed by atoms with Gasteiger partial charge < -0.3 is 9.88 Å². The molecule has 0 radical (unpaired) electrons. The van der Waals surface area contributed by atoms with Gasteiger partial charge in [-0.3, -0.25) is 4.79 Å². The highest BCUT2D eigenvalue weighted by molar-refractivity contribution is 7.91. The number of para-hydroxylation sites is 1. The second-order valence-corrected chi connectivity index (χ2v) is 9.31. The Morgan fingerprint density at radius 2 is 1.68 bits per heavy atom. The molecule has 1 heterocycles. The summed E-state index contributed by atoms with van der Waals surface area (Å²) < 4.78 is 41.3. The number of fused-ring (bicyclic) bond motifs is 1. The minimum atomic E-state index is -3.89. The van der Waals surface area contributed by atoms with Crippen LogP contribution in [0.25, 0.3) is 10.9 Å². The number of hydrogen-bond donors (Lipinski definition) is 1. The van der Waals surface area contributed by atoms with E-state index in [9.17, 15) is 17.6 Å². The van der Waals surface area contributed by atoms with Gasteiger partial charge in [0.25, 0.3) is 0 Å². The lowest BCUT2D eigenvalue weighted by Gasteiger charge is -2.11. The Balaban J connectivity index is 1.71. The molecule has 0 bridgehead atoms. The molecule has 3 aromatic carbocycles. The summed E-state index contributed by atoms with van der Waals surface area (Å²) in [6, 6.07) is 17.4. The van der Waals surface area contributed by atoms with Gasteiger partial charge in [-0.15, -0.1) is 0 Å². The first-order valence-corrected chi connectivity index (χ1v) is 11.2. The van der Waals surface area contributed by atoms with Crippen molar-refractivity contribution in [3.63, 3.8) is 0 Å². The maximum Gasteiger partial charge on any atom is 0.244 e. The predicted molar refractivity (Wildman–Crippen MR) is 118 cm³/mol. The Morgan fingerprint density at radius 3 is 2.42 bits per heavy atom. The summed E-state index contributed by atoms with van der Waals surface area (Å²) in [5.74, 6) is -0.773. The van der Waals surface area contributed by atoms with Crippen molar-refractivity contribution in [3.8, 4) is 0 Å². The standard InChI is InChI=1S/C24H21FN2O3S/c1-16-6-5-8-21(17(16)2)26-24(28)15-27-14-23(20-7-3-4-9-22(20)27)31(29,30)19-12-10-18(25)11-13-19/h3-14H,15H2,1-2H3,(H,26,28). The number of anilines is 1. The molecule has 0 atom stereocenters. The van der Waals surface area contributed by atoms with Crippen molar-refractivity contribution >= 4 is 32.3 Å². The molecule has 0 aliphatic rings. The van der Waals surface area contributed by atoms with E-state index in [1.165, 1.54) is 18.3 Å². The number of carbonyl (C=O) groups is 1. The molecule has 1 N–H and O–H groups in total. The zero-order chi connectivity index (χ0) is 22.2. The van der Waals surface area contributed by atoms with Gasteiger partial charge in [0.05, 0.1) is 9.79 Å². The van der Waals surface area contributed by atoms with Gasteiger partial charge in [-0.05, 0) is 61.4 Å². The summed E-state index contributed by atoms with van der Waals surface area (Å²) in [4.78, 5) is 12.8. The van der Waals surface area contributed by atoms with Gasteiger partial charge in [-0.25, -0.2) is 12.8 Å². The number of benzene rings is 3. The third kappa shape index (κ3) is 3.96. The zero-order valence-corrected chi connectivity index (χ0v) is 17.9. The van der Waals surface area contributed by atoms with Crippen molar-refractivity contribution < 1.29 is 17.6 Å². The Labute approximate surface area is 180 Å². The number of halogens is 1. The maximum absolute atomic E-state index is 13.3. The van der Waals surface area contributed by atoms with Crippen molar-refractivity contribution in [3.05, 3.63) is 89.9 Å². The van der Waals surface area contributed by atoms with E-state index >= 15 is 0 Å². The molecule has 4 aromatic rings. The molecule has 31 heavy (non-hydrogen) atoms. The number of sulfone groups is 1. The van der Waals surface area contributed by atoms with Crippen LogP contribution in [0.5, 0.6) is 0 Å². The van der Waals surface area contributed by atoms with Crippen LogP contribution in [0.4, 0.5) is 10.1 Å². The highest BCUT2D eigenvalue weighted by Crippen LogP contribution is 2.30. The van der Waals surface area contributed by atoms with E-state index in [2.05, 4.69) is 5.32 Å². The Bertz CT molecular complexity index is 1390. The van der Waals surface area contributed by atoms with Gasteiger partial charge in [0.15, 0.2) is 0 Å². The molecule has 0 unspecified atom stereocenters. The zero-order valence-electron chi connectivity index (χ0n) is 17.1. The van der Waals surface area contributed by atoms with Crippen LogP contribution in [0.15, 0.2) is 82.7 Å². The molecule has 0 aliphatic heterocycles. The third-order valence-electron chi connectivity index (χ3n) is 5.36. The van der Waals surface area contributed by atoms with Crippen LogP contribution in [-0.4, -0.2) is 18.9 Å². The maximum atomic E-state index is 13.3. The fraction of sp³-hybridized carbons (Fsp3) is 0.125. The van der Waals surface area contributed by atoms with Gasteiger partial charge in [0.1, 0.15) is 12.4 Å². The quantitative estimate of drug-likeness (QED) is 0.454. The average molecular weight is 437 g/mol. The predicted octanol–water partition coefficient (Wildman–Crippen LogP) is 4.87. The average Bonchev–Trinajstić information content (AvgIpc) is 3.11. The van der Waals surface area contributed by atoms with Crippen LogP contribution in [0.1, 0.15) is 11.1 Å². The van der Waals surface area contributed by atoms with E-state index in [1.807, 2.05) is 32.0 Å². The smallest absolute Gasteiger partial charge is 0.244 e. The van der Waals surface area contributed by atoms with Crippen LogP contribution in [0, 0.1) is 19.7 Å². The fourth-order valence-corrected chi connectivity index (χ4v) is 5.01. The summed E-state index contributed by atoms with van der Waals surface area (Å²) in [5.41, 5.74) is 3.39. The summed E-state index contributed by atoms with van der Waals surface area (Å²) in [6.07, 6.45) is 1.46. The summed E-state index contributed by atoms with van der Waals surface area (Å²) in [7, 11) is -3.89. The number of nitrogens with zero attached hydrogens (tertiary/aromatic N) is 1. The first-order chi connectivity index (χ1) is 14.8. The van der Waals surface area contributed by atoms with Crippen LogP contribution in [-0.2, 0) is 21.2 Å². The SMILES string of the molecule is Cc1cccc(NC(=O)Cn2cc(S(=O)(=O)c3ccc(F)cc3)c3ccccc32)c1C. The van der Waals surface area contributed by atoms with E-state index in [0.717, 1.165) is 28.9 Å². The molecular weight excluding hydrogens is 415 g/mol. The highest BCUT2D eigenvalue weighted by atomic mass is 32.2. The van der Waals surface area contributed by atoms with Crippen LogP contribution in [0.2, 0.25) is 0 Å². The molecule has 4 rings (SSSR count). The number of hydrogen-bond acceptors (Lipinski definition) is 3. The minimum Gasteiger partial charge on any atom is -0.337 e. The second kappa shape index (κ2) is 8.00. The van der Waals surface area contributed by atoms with Gasteiger partial charge in [0.2, 0.25) is 15.7 Å². The van der Waals surface area contributed by atoms with Crippen molar-refractivity contribution in [1.29, 1.82) is 0 Å². The molecule has 0 aliphatic carbocycles. The lowest BCUT2D eigenvalue weighted by molar-refractivity contribution is -0.116. The van der Waals surface area contributed by atoms with Crippen molar-refractivity contribution in [2.45, 2.75) is 30.2 Å². The Morgan fingerprint density at radius 1 is 0.968 bits per heavy atom. The minimum absolute atomic E-state index is 0.00311.